The first-order chi connectivity index (χ1) is 11.3. The second kappa shape index (κ2) is 27.8. The molecular weight excluding hydrogens is 367 g/mol. The molecule has 0 aliphatic heterocycles. The normalized spacial score (nSPS) is 8.76. The molecule has 0 atom stereocenters. The molecule has 0 N–H and O–H groups in total. The van der Waals surface area contributed by atoms with Gasteiger partial charge in [0.25, 0.3) is 0 Å². The van der Waals surface area contributed by atoms with Gasteiger partial charge in [0.2, 0.25) is 0 Å². The molecule has 0 fully saturated rings. The molecule has 7 heteroatoms. The maximum atomic E-state index is 9.76. The standard InChI is InChI=1S/3C6H12O2.Mn/c3*1-2-3-4-5-6(7)8;/h3*2-5H2,1H3,(H,7,8);/q;;;+3/p-3. The molecule has 0 saturated heterocycles. The van der Waals surface area contributed by atoms with Crippen molar-refractivity contribution in [2.24, 2.45) is 0 Å². The third-order valence-electron chi connectivity index (χ3n) is 2.95. The Kier molecular flexibility index (Phi) is 35.2. The second-order valence-corrected chi connectivity index (χ2v) is 5.49. The molecule has 0 aromatic rings. The monoisotopic (exact) mass is 400 g/mol. The van der Waals surface area contributed by atoms with Crippen LogP contribution in [0.15, 0.2) is 0 Å². The van der Waals surface area contributed by atoms with Crippen molar-refractivity contribution in [3.63, 3.8) is 0 Å². The van der Waals surface area contributed by atoms with E-state index < -0.39 is 17.9 Å². The van der Waals surface area contributed by atoms with Crippen LogP contribution in [0.3, 0.4) is 0 Å². The minimum Gasteiger partial charge on any atom is -0.550 e. The summed E-state index contributed by atoms with van der Waals surface area (Å²) in [5.41, 5.74) is 0. The molecule has 25 heavy (non-hydrogen) atoms. The molecule has 6 nitrogen and oxygen atoms in total. The van der Waals surface area contributed by atoms with E-state index in [0.717, 1.165) is 57.8 Å². The fraction of sp³-hybridized carbons (Fsp3) is 0.833. The molecule has 0 spiro atoms. The minimum absolute atomic E-state index is 0. The first-order valence-electron chi connectivity index (χ1n) is 8.91. The van der Waals surface area contributed by atoms with E-state index in [4.69, 9.17) is 0 Å². The van der Waals surface area contributed by atoms with Crippen molar-refractivity contribution >= 4 is 17.9 Å². The average molecular weight is 400 g/mol. The van der Waals surface area contributed by atoms with Gasteiger partial charge in [-0.1, -0.05) is 59.3 Å². The van der Waals surface area contributed by atoms with Gasteiger partial charge in [-0.3, -0.25) is 0 Å². The molecular formula is C18H33MnO6. The third-order valence-corrected chi connectivity index (χ3v) is 2.95. The fourth-order valence-corrected chi connectivity index (χ4v) is 1.56. The number of carbonyl (C=O) groups is 3. The zero-order valence-corrected chi connectivity index (χ0v) is 17.0. The second-order valence-electron chi connectivity index (χ2n) is 5.49. The molecule has 0 aromatic carbocycles. The van der Waals surface area contributed by atoms with Crippen LogP contribution in [0, 0.1) is 0 Å². The smallest absolute Gasteiger partial charge is 0.550 e. The van der Waals surface area contributed by atoms with Crippen LogP contribution in [0.5, 0.6) is 0 Å². The minimum atomic E-state index is -0.932. The summed E-state index contributed by atoms with van der Waals surface area (Å²) in [4.78, 5) is 29.3. The molecule has 0 saturated carbocycles. The van der Waals surface area contributed by atoms with Crippen LogP contribution in [0.1, 0.15) is 97.8 Å². The topological polar surface area (TPSA) is 120 Å². The van der Waals surface area contributed by atoms with Crippen molar-refractivity contribution in [1.29, 1.82) is 0 Å². The average Bonchev–Trinajstić information content (AvgIpc) is 2.48. The molecule has 0 heterocycles. The van der Waals surface area contributed by atoms with Gasteiger partial charge in [-0.15, -0.1) is 0 Å². The van der Waals surface area contributed by atoms with Crippen LogP contribution >= 0.6 is 0 Å². The summed E-state index contributed by atoms with van der Waals surface area (Å²) in [6, 6.07) is 0. The number of rotatable bonds is 12. The Hall–Kier alpha value is -1.07. The van der Waals surface area contributed by atoms with Crippen molar-refractivity contribution < 1.29 is 46.8 Å². The van der Waals surface area contributed by atoms with Crippen molar-refractivity contribution in [2.45, 2.75) is 97.8 Å². The van der Waals surface area contributed by atoms with Gasteiger partial charge in [-0.2, -0.15) is 0 Å². The van der Waals surface area contributed by atoms with E-state index >= 15 is 0 Å². The van der Waals surface area contributed by atoms with Crippen LogP contribution in [0.25, 0.3) is 0 Å². The molecule has 148 valence electrons. The number of aliphatic carboxylic acids is 3. The largest absolute Gasteiger partial charge is 3.00 e. The third kappa shape index (κ3) is 51.8. The quantitative estimate of drug-likeness (QED) is 0.355. The van der Waals surface area contributed by atoms with Gasteiger partial charge in [-0.25, -0.2) is 0 Å². The molecule has 0 aromatic heterocycles. The molecule has 0 aliphatic carbocycles. The van der Waals surface area contributed by atoms with Crippen molar-refractivity contribution in [2.75, 3.05) is 0 Å². The maximum Gasteiger partial charge on any atom is 3.00 e. The molecule has 0 amide bonds. The number of carboxylic acids is 3. The summed E-state index contributed by atoms with van der Waals surface area (Å²) in [6.45, 7) is 6.11. The first kappa shape index (κ1) is 31.7. The maximum absolute atomic E-state index is 9.76. The van der Waals surface area contributed by atoms with E-state index in [1.165, 1.54) is 0 Å². The summed E-state index contributed by atoms with van der Waals surface area (Å²) >= 11 is 0. The van der Waals surface area contributed by atoms with E-state index in [1.807, 2.05) is 20.8 Å². The molecule has 0 unspecified atom stereocenters. The van der Waals surface area contributed by atoms with Gasteiger partial charge in [0, 0.05) is 17.9 Å². The SMILES string of the molecule is CCCCCC(=O)[O-].CCCCCC(=O)[O-].CCCCCC(=O)[O-].[Mn+3]. The Morgan fingerprint density at radius 2 is 0.720 bits per heavy atom. The first-order valence-corrected chi connectivity index (χ1v) is 8.91. The van der Waals surface area contributed by atoms with Crippen molar-refractivity contribution in [3.8, 4) is 0 Å². The summed E-state index contributed by atoms with van der Waals surface area (Å²) < 4.78 is 0. The van der Waals surface area contributed by atoms with E-state index in [0.29, 0.717) is 0 Å². The Bertz CT molecular complexity index is 260. The number of hydrogen-bond acceptors (Lipinski definition) is 6. The molecule has 0 aliphatic rings. The van der Waals surface area contributed by atoms with Crippen molar-refractivity contribution in [3.05, 3.63) is 0 Å². The van der Waals surface area contributed by atoms with Gasteiger partial charge in [0.15, 0.2) is 0 Å². The Morgan fingerprint density at radius 1 is 0.520 bits per heavy atom. The van der Waals surface area contributed by atoms with Crippen LogP contribution in [-0.2, 0) is 31.5 Å². The van der Waals surface area contributed by atoms with Crippen LogP contribution in [0.4, 0.5) is 0 Å². The fourth-order valence-electron chi connectivity index (χ4n) is 1.56. The predicted molar refractivity (Wildman–Crippen MR) is 87.4 cm³/mol. The summed E-state index contributed by atoms with van der Waals surface area (Å²) in [7, 11) is 0. The van der Waals surface area contributed by atoms with Gasteiger partial charge >= 0.3 is 17.1 Å². The predicted octanol–water partition coefficient (Wildman–Crippen LogP) is 0.947. The van der Waals surface area contributed by atoms with Gasteiger partial charge in [-0.05, 0) is 38.5 Å². The van der Waals surface area contributed by atoms with Crippen molar-refractivity contribution in [1.82, 2.24) is 0 Å². The summed E-state index contributed by atoms with van der Waals surface area (Å²) in [5, 5.41) is 29.3. The molecule has 0 bridgehead atoms. The van der Waals surface area contributed by atoms with Gasteiger partial charge < -0.3 is 29.7 Å². The van der Waals surface area contributed by atoms with E-state index in [-0.39, 0.29) is 36.3 Å². The van der Waals surface area contributed by atoms with E-state index in [2.05, 4.69) is 0 Å². The van der Waals surface area contributed by atoms with Crippen LogP contribution in [-0.4, -0.2) is 17.9 Å². The molecule has 0 rings (SSSR count). The number of hydrogen-bond donors (Lipinski definition) is 0. The summed E-state index contributed by atoms with van der Waals surface area (Å²) in [6.07, 6.45) is 9.11. The zero-order valence-electron chi connectivity index (χ0n) is 15.8. The number of unbranched alkanes of at least 4 members (excludes halogenated alkanes) is 6. The van der Waals surface area contributed by atoms with Gasteiger partial charge in [0.1, 0.15) is 0 Å². The van der Waals surface area contributed by atoms with E-state index in [9.17, 15) is 29.7 Å². The molecule has 0 radical (unpaired) electrons. The summed E-state index contributed by atoms with van der Waals surface area (Å²) in [5.74, 6) is -2.80. The Balaban J connectivity index is -0.000000130. The zero-order chi connectivity index (χ0) is 19.2. The Morgan fingerprint density at radius 3 is 0.840 bits per heavy atom. The van der Waals surface area contributed by atoms with Gasteiger partial charge in [0.05, 0.1) is 0 Å². The van der Waals surface area contributed by atoms with Crippen LogP contribution in [0.2, 0.25) is 0 Å². The van der Waals surface area contributed by atoms with Crippen LogP contribution < -0.4 is 15.3 Å². The Labute approximate surface area is 162 Å². The van der Waals surface area contributed by atoms with E-state index in [1.54, 1.807) is 0 Å². The number of carbonyl (C=O) groups excluding carboxylic acids is 3. The number of carboxylic acid groups (broad SMARTS) is 3.